The molecule has 1 aliphatic heterocycles. The monoisotopic (exact) mass is 285 g/mol. The fraction of sp³-hybridized carbons (Fsp3) is 0.375. The van der Waals surface area contributed by atoms with E-state index in [1.807, 2.05) is 19.2 Å². The van der Waals surface area contributed by atoms with Gasteiger partial charge in [0.15, 0.2) is 11.5 Å². The second-order valence-electron chi connectivity index (χ2n) is 5.71. The van der Waals surface area contributed by atoms with Gasteiger partial charge in [-0.15, -0.1) is 0 Å². The Morgan fingerprint density at radius 3 is 2.86 bits per heavy atom. The van der Waals surface area contributed by atoms with Gasteiger partial charge in [0.05, 0.1) is 18.1 Å². The number of nitrogens with zero attached hydrogens (tertiary/aromatic N) is 2. The number of rotatable bonds is 4. The highest BCUT2D eigenvalue weighted by molar-refractivity contribution is 5.50. The lowest BCUT2D eigenvalue weighted by Gasteiger charge is -2.18. The van der Waals surface area contributed by atoms with E-state index in [2.05, 4.69) is 35.2 Å². The first-order valence-corrected chi connectivity index (χ1v) is 7.00. The fourth-order valence-electron chi connectivity index (χ4n) is 2.41. The quantitative estimate of drug-likeness (QED) is 0.936. The molecule has 5 nitrogen and oxygen atoms in total. The average molecular weight is 285 g/mol. The van der Waals surface area contributed by atoms with Crippen molar-refractivity contribution in [2.45, 2.75) is 32.5 Å². The van der Waals surface area contributed by atoms with Crippen molar-refractivity contribution in [1.29, 1.82) is 0 Å². The molecular formula is C16H19N3O2. The number of benzene rings is 1. The number of nitrogens with one attached hydrogen (secondary N) is 1. The zero-order valence-corrected chi connectivity index (χ0v) is 12.5. The Morgan fingerprint density at radius 1 is 1.29 bits per heavy atom. The lowest BCUT2D eigenvalue weighted by atomic mass is 10.0. The van der Waals surface area contributed by atoms with Crippen LogP contribution in [0.25, 0.3) is 0 Å². The summed E-state index contributed by atoms with van der Waals surface area (Å²) in [6.07, 6.45) is 4.30. The van der Waals surface area contributed by atoms with E-state index >= 15 is 0 Å². The molecule has 1 aliphatic rings. The van der Waals surface area contributed by atoms with Crippen LogP contribution in [0.5, 0.6) is 11.5 Å². The van der Waals surface area contributed by atoms with Crippen LogP contribution in [0.3, 0.4) is 0 Å². The van der Waals surface area contributed by atoms with E-state index in [1.165, 1.54) is 5.56 Å². The molecule has 21 heavy (non-hydrogen) atoms. The molecule has 3 rings (SSSR count). The maximum absolute atomic E-state index is 5.98. The third-order valence-corrected chi connectivity index (χ3v) is 3.39. The van der Waals surface area contributed by atoms with Crippen molar-refractivity contribution >= 4 is 5.82 Å². The average Bonchev–Trinajstić information content (AvgIpc) is 2.80. The molecule has 0 unspecified atom stereocenters. The van der Waals surface area contributed by atoms with E-state index in [0.29, 0.717) is 6.61 Å². The normalized spacial score (nSPS) is 15.2. The van der Waals surface area contributed by atoms with Gasteiger partial charge in [-0.05, 0) is 19.9 Å². The molecule has 2 heterocycles. The minimum atomic E-state index is -0.171. The van der Waals surface area contributed by atoms with Gasteiger partial charge in [0.25, 0.3) is 0 Å². The predicted molar refractivity (Wildman–Crippen MR) is 80.8 cm³/mol. The molecular weight excluding hydrogens is 266 g/mol. The Bertz CT molecular complexity index is 638. The van der Waals surface area contributed by atoms with Crippen LogP contribution >= 0.6 is 0 Å². The summed E-state index contributed by atoms with van der Waals surface area (Å²) in [4.78, 5) is 8.52. The minimum Gasteiger partial charge on any atom is -0.483 e. The largest absolute Gasteiger partial charge is 0.483 e. The smallest absolute Gasteiger partial charge is 0.165 e. The summed E-state index contributed by atoms with van der Waals surface area (Å²) in [6, 6.07) is 6.00. The zero-order chi connectivity index (χ0) is 14.9. The number of aromatic nitrogens is 2. The van der Waals surface area contributed by atoms with Crippen LogP contribution in [-0.4, -0.2) is 22.6 Å². The van der Waals surface area contributed by atoms with Crippen LogP contribution < -0.4 is 14.8 Å². The molecule has 0 bridgehead atoms. The third kappa shape index (κ3) is 2.91. The van der Waals surface area contributed by atoms with Crippen molar-refractivity contribution < 1.29 is 9.47 Å². The number of fused-ring (bicyclic) bond motifs is 1. The summed E-state index contributed by atoms with van der Waals surface area (Å²) < 4.78 is 11.8. The first-order chi connectivity index (χ1) is 10.1. The van der Waals surface area contributed by atoms with Gasteiger partial charge in [-0.25, -0.2) is 4.98 Å². The minimum absolute atomic E-state index is 0.171. The molecule has 0 aliphatic carbocycles. The molecule has 1 N–H and O–H groups in total. The third-order valence-electron chi connectivity index (χ3n) is 3.39. The Balaban J connectivity index is 1.73. The van der Waals surface area contributed by atoms with Crippen LogP contribution in [-0.2, 0) is 13.0 Å². The van der Waals surface area contributed by atoms with Crippen molar-refractivity contribution in [1.82, 2.24) is 9.97 Å². The van der Waals surface area contributed by atoms with Crippen molar-refractivity contribution in [3.05, 3.63) is 41.9 Å². The van der Waals surface area contributed by atoms with Gasteiger partial charge in [-0.2, -0.15) is 0 Å². The molecule has 110 valence electrons. The summed E-state index contributed by atoms with van der Waals surface area (Å²) in [5, 5.41) is 2.94. The molecule has 0 radical (unpaired) electrons. The SMILES string of the molecule is CNc1cnc(COc2cccc3c2OC(C)(C)C3)cn1. The highest BCUT2D eigenvalue weighted by atomic mass is 16.5. The summed E-state index contributed by atoms with van der Waals surface area (Å²) in [7, 11) is 1.81. The summed E-state index contributed by atoms with van der Waals surface area (Å²) in [6.45, 7) is 4.54. The second kappa shape index (κ2) is 5.24. The summed E-state index contributed by atoms with van der Waals surface area (Å²) in [5.74, 6) is 2.35. The molecule has 0 atom stereocenters. The topological polar surface area (TPSA) is 56.3 Å². The lowest BCUT2D eigenvalue weighted by Crippen LogP contribution is -2.24. The van der Waals surface area contributed by atoms with Crippen LogP contribution in [0, 0.1) is 0 Å². The number of anilines is 1. The Labute approximate surface area is 124 Å². The molecule has 0 saturated carbocycles. The Kier molecular flexibility index (Phi) is 3.41. The summed E-state index contributed by atoms with van der Waals surface area (Å²) >= 11 is 0. The van der Waals surface area contributed by atoms with Gasteiger partial charge in [-0.3, -0.25) is 4.98 Å². The van der Waals surface area contributed by atoms with Gasteiger partial charge in [0.1, 0.15) is 18.0 Å². The van der Waals surface area contributed by atoms with Crippen molar-refractivity contribution in [3.8, 4) is 11.5 Å². The lowest BCUT2D eigenvalue weighted by molar-refractivity contribution is 0.131. The highest BCUT2D eigenvalue weighted by Gasteiger charge is 2.32. The molecule has 2 aromatic rings. The molecule has 0 spiro atoms. The first kappa shape index (κ1) is 13.7. The van der Waals surface area contributed by atoms with Crippen LogP contribution in [0.2, 0.25) is 0 Å². The zero-order valence-electron chi connectivity index (χ0n) is 12.5. The van der Waals surface area contributed by atoms with Crippen LogP contribution in [0.4, 0.5) is 5.82 Å². The molecule has 0 fully saturated rings. The standard InChI is InChI=1S/C16H19N3O2/c1-16(2)7-11-5-4-6-13(15(11)21-16)20-10-12-8-19-14(17-3)9-18-12/h4-6,8-9H,7,10H2,1-3H3,(H,17,19). The van der Waals surface area contributed by atoms with Gasteiger partial charge in [0, 0.05) is 19.0 Å². The van der Waals surface area contributed by atoms with Gasteiger partial charge in [-0.1, -0.05) is 12.1 Å². The molecule has 0 saturated heterocycles. The highest BCUT2D eigenvalue weighted by Crippen LogP contribution is 2.41. The predicted octanol–water partition coefficient (Wildman–Crippen LogP) is 2.81. The van der Waals surface area contributed by atoms with E-state index in [4.69, 9.17) is 9.47 Å². The van der Waals surface area contributed by atoms with Crippen molar-refractivity contribution in [3.63, 3.8) is 0 Å². The van der Waals surface area contributed by atoms with E-state index in [-0.39, 0.29) is 5.60 Å². The van der Waals surface area contributed by atoms with E-state index in [9.17, 15) is 0 Å². The van der Waals surface area contributed by atoms with Crippen molar-refractivity contribution in [2.75, 3.05) is 12.4 Å². The first-order valence-electron chi connectivity index (χ1n) is 7.00. The second-order valence-corrected chi connectivity index (χ2v) is 5.71. The number of para-hydroxylation sites is 1. The van der Waals surface area contributed by atoms with Crippen LogP contribution in [0.1, 0.15) is 25.1 Å². The maximum Gasteiger partial charge on any atom is 0.165 e. The number of ether oxygens (including phenoxy) is 2. The fourth-order valence-corrected chi connectivity index (χ4v) is 2.41. The van der Waals surface area contributed by atoms with E-state index in [1.54, 1.807) is 12.4 Å². The number of hydrogen-bond donors (Lipinski definition) is 1. The number of hydrogen-bond acceptors (Lipinski definition) is 5. The summed E-state index contributed by atoms with van der Waals surface area (Å²) in [5.41, 5.74) is 1.80. The van der Waals surface area contributed by atoms with E-state index in [0.717, 1.165) is 29.4 Å². The van der Waals surface area contributed by atoms with Gasteiger partial charge < -0.3 is 14.8 Å². The Morgan fingerprint density at radius 2 is 2.14 bits per heavy atom. The molecule has 5 heteroatoms. The molecule has 1 aromatic carbocycles. The molecule has 0 amide bonds. The Hall–Kier alpha value is -2.30. The van der Waals surface area contributed by atoms with Gasteiger partial charge in [0.2, 0.25) is 0 Å². The van der Waals surface area contributed by atoms with Crippen molar-refractivity contribution in [2.24, 2.45) is 0 Å². The van der Waals surface area contributed by atoms with E-state index < -0.39 is 0 Å². The molecule has 1 aromatic heterocycles. The van der Waals surface area contributed by atoms with Crippen LogP contribution in [0.15, 0.2) is 30.6 Å². The van der Waals surface area contributed by atoms with Gasteiger partial charge >= 0.3 is 0 Å². The maximum atomic E-state index is 5.98.